The molecule has 0 aliphatic rings. The Morgan fingerprint density at radius 3 is 2.29 bits per heavy atom. The Morgan fingerprint density at radius 1 is 1.11 bits per heavy atom. The lowest BCUT2D eigenvalue weighted by Crippen LogP contribution is -2.16. The number of hydrogen-bond donors (Lipinski definition) is 2. The molecule has 8 heteroatoms. The van der Waals surface area contributed by atoms with Gasteiger partial charge in [0.1, 0.15) is 0 Å². The van der Waals surface area contributed by atoms with Crippen molar-refractivity contribution in [3.05, 3.63) is 57.9 Å². The summed E-state index contributed by atoms with van der Waals surface area (Å²) in [5.41, 5.74) is 4.68. The maximum atomic E-state index is 10.5. The van der Waals surface area contributed by atoms with E-state index in [0.29, 0.717) is 11.4 Å². The van der Waals surface area contributed by atoms with Crippen LogP contribution in [0.4, 0.5) is 0 Å². The van der Waals surface area contributed by atoms with Gasteiger partial charge in [0, 0.05) is 13.2 Å². The zero-order valence-corrected chi connectivity index (χ0v) is 18.2. The normalized spacial score (nSPS) is 11.3. The number of ether oxygens (including phenoxy) is 1. The minimum Gasteiger partial charge on any atom is -0.380 e. The summed E-state index contributed by atoms with van der Waals surface area (Å²) >= 11 is 1.53. The van der Waals surface area contributed by atoms with E-state index in [9.17, 15) is 8.42 Å². The summed E-state index contributed by atoms with van der Waals surface area (Å²) in [5.74, 6) is 0. The molecule has 0 atom stereocenters. The largest absolute Gasteiger partial charge is 0.380 e. The van der Waals surface area contributed by atoms with Crippen LogP contribution in [0, 0.1) is 26.2 Å². The van der Waals surface area contributed by atoms with Crippen molar-refractivity contribution in [3.8, 4) is 0 Å². The van der Waals surface area contributed by atoms with Crippen LogP contribution in [0.25, 0.3) is 10.2 Å². The third-order valence-electron chi connectivity index (χ3n) is 4.30. The van der Waals surface area contributed by atoms with E-state index >= 15 is 0 Å². The first kappa shape index (κ1) is 22.3. The zero-order valence-electron chi connectivity index (χ0n) is 16.5. The van der Waals surface area contributed by atoms with Crippen molar-refractivity contribution >= 4 is 31.7 Å². The Labute approximate surface area is 169 Å². The van der Waals surface area contributed by atoms with Crippen molar-refractivity contribution in [1.82, 2.24) is 4.57 Å². The summed E-state index contributed by atoms with van der Waals surface area (Å²) in [6, 6.07) is 10.3. The molecule has 0 bridgehead atoms. The molecular formula is C20H26N2O4S2. The van der Waals surface area contributed by atoms with Crippen molar-refractivity contribution in [2.45, 2.75) is 39.1 Å². The van der Waals surface area contributed by atoms with Crippen LogP contribution < -0.4 is 4.80 Å². The molecule has 0 saturated carbocycles. The molecule has 0 saturated heterocycles. The summed E-state index contributed by atoms with van der Waals surface area (Å²) < 4.78 is 38.1. The quantitative estimate of drug-likeness (QED) is 0.479. The topological polar surface area (TPSA) is 92.4 Å². The maximum absolute atomic E-state index is 10.5. The van der Waals surface area contributed by atoms with Crippen LogP contribution in [0.2, 0.25) is 0 Å². The van der Waals surface area contributed by atoms with E-state index in [-0.39, 0.29) is 4.90 Å². The fraction of sp³-hybridized carbons (Fsp3) is 0.350. The Hall–Kier alpha value is -2.00. The fourth-order valence-electron chi connectivity index (χ4n) is 2.57. The second-order valence-corrected chi connectivity index (χ2v) is 8.90. The summed E-state index contributed by atoms with van der Waals surface area (Å²) in [7, 11) is -4.02. The molecule has 28 heavy (non-hydrogen) atoms. The number of rotatable bonds is 5. The fourth-order valence-corrected chi connectivity index (χ4v) is 4.07. The lowest BCUT2D eigenvalue weighted by Gasteiger charge is -2.06. The zero-order chi connectivity index (χ0) is 20.9. The number of aryl methyl sites for hydroxylation is 3. The first-order valence-electron chi connectivity index (χ1n) is 8.90. The Balaban J connectivity index is 0.000000221. The summed E-state index contributed by atoms with van der Waals surface area (Å²) in [4.78, 5) is 0.535. The summed E-state index contributed by atoms with van der Waals surface area (Å²) in [5, 5.41) is 8.00. The van der Waals surface area contributed by atoms with Gasteiger partial charge in [-0.3, -0.25) is 9.96 Å². The lowest BCUT2D eigenvalue weighted by molar-refractivity contribution is 0.139. The molecule has 0 fully saturated rings. The van der Waals surface area contributed by atoms with Crippen LogP contribution in [0.3, 0.4) is 0 Å². The van der Waals surface area contributed by atoms with Crippen LogP contribution in [-0.4, -0.2) is 30.8 Å². The van der Waals surface area contributed by atoms with Gasteiger partial charge in [-0.05, 0) is 63.1 Å². The Morgan fingerprint density at radius 2 is 1.71 bits per heavy atom. The van der Waals surface area contributed by atoms with Gasteiger partial charge in [0.15, 0.2) is 4.80 Å². The van der Waals surface area contributed by atoms with Crippen molar-refractivity contribution in [3.63, 3.8) is 0 Å². The van der Waals surface area contributed by atoms with E-state index in [1.54, 1.807) is 12.1 Å². The van der Waals surface area contributed by atoms with Gasteiger partial charge in [-0.2, -0.15) is 8.42 Å². The van der Waals surface area contributed by atoms with Gasteiger partial charge >= 0.3 is 0 Å². The molecule has 2 aromatic carbocycles. The second kappa shape index (κ2) is 9.47. The highest BCUT2D eigenvalue weighted by Gasteiger charge is 2.07. The molecule has 0 amide bonds. The van der Waals surface area contributed by atoms with Crippen molar-refractivity contribution in [1.29, 1.82) is 5.41 Å². The minimum atomic E-state index is -4.02. The molecule has 0 aliphatic heterocycles. The number of thiazole rings is 1. The molecule has 0 radical (unpaired) electrons. The van der Waals surface area contributed by atoms with E-state index < -0.39 is 10.1 Å². The van der Waals surface area contributed by atoms with Crippen LogP contribution in [-0.2, 0) is 21.4 Å². The SMILES string of the molecule is CCOCCn1c(=N)sc2cc(C)c(C)cc21.Cc1ccc(S(=O)(=O)O)cc1. The van der Waals surface area contributed by atoms with Gasteiger partial charge in [-0.25, -0.2) is 0 Å². The number of nitrogens with zero attached hydrogens (tertiary/aromatic N) is 1. The highest BCUT2D eigenvalue weighted by Crippen LogP contribution is 2.21. The van der Waals surface area contributed by atoms with E-state index in [1.807, 2.05) is 18.4 Å². The third kappa shape index (κ3) is 5.75. The molecule has 3 rings (SSSR count). The van der Waals surface area contributed by atoms with E-state index in [2.05, 4.69) is 26.0 Å². The second-order valence-electron chi connectivity index (χ2n) is 6.45. The third-order valence-corrected chi connectivity index (χ3v) is 6.13. The maximum Gasteiger partial charge on any atom is 0.294 e. The van der Waals surface area contributed by atoms with Crippen molar-refractivity contribution < 1.29 is 17.7 Å². The minimum absolute atomic E-state index is 0.0666. The predicted octanol–water partition coefficient (Wildman–Crippen LogP) is 4.08. The average Bonchev–Trinajstić information content (AvgIpc) is 2.91. The number of nitrogens with one attached hydrogen (secondary N) is 1. The number of aromatic nitrogens is 1. The first-order valence-corrected chi connectivity index (χ1v) is 11.2. The van der Waals surface area contributed by atoms with Gasteiger partial charge in [-0.1, -0.05) is 29.0 Å². The highest BCUT2D eigenvalue weighted by atomic mass is 32.2. The van der Waals surface area contributed by atoms with Crippen LogP contribution in [0.5, 0.6) is 0 Å². The Bertz CT molecular complexity index is 1100. The molecule has 152 valence electrons. The van der Waals surface area contributed by atoms with Crippen molar-refractivity contribution in [2.24, 2.45) is 0 Å². The van der Waals surface area contributed by atoms with Gasteiger partial charge < -0.3 is 9.30 Å². The average molecular weight is 423 g/mol. The lowest BCUT2D eigenvalue weighted by atomic mass is 10.1. The molecular weight excluding hydrogens is 396 g/mol. The molecule has 1 aromatic heterocycles. The summed E-state index contributed by atoms with van der Waals surface area (Å²) in [6.45, 7) is 10.2. The summed E-state index contributed by atoms with van der Waals surface area (Å²) in [6.07, 6.45) is 0. The van der Waals surface area contributed by atoms with E-state index in [4.69, 9.17) is 14.7 Å². The van der Waals surface area contributed by atoms with Crippen molar-refractivity contribution in [2.75, 3.05) is 13.2 Å². The molecule has 3 aromatic rings. The molecule has 0 unspecified atom stereocenters. The monoisotopic (exact) mass is 422 g/mol. The van der Waals surface area contributed by atoms with Gasteiger partial charge in [0.05, 0.1) is 21.7 Å². The van der Waals surface area contributed by atoms with E-state index in [1.165, 1.54) is 39.3 Å². The molecule has 2 N–H and O–H groups in total. The molecule has 0 spiro atoms. The standard InChI is InChI=1S/C13H18N2OS.C7H8O3S/c1-4-16-6-5-15-11-7-9(2)10(3)8-12(11)17-13(15)14;1-6-2-4-7(5-3-6)11(8,9)10/h7-8,14H,4-6H2,1-3H3;2-5H,1H3,(H,8,9,10). The number of fused-ring (bicyclic) bond motifs is 1. The van der Waals surface area contributed by atoms with Gasteiger partial charge in [-0.15, -0.1) is 0 Å². The van der Waals surface area contributed by atoms with E-state index in [0.717, 1.165) is 24.2 Å². The smallest absolute Gasteiger partial charge is 0.294 e. The first-order chi connectivity index (χ1) is 13.1. The number of hydrogen-bond acceptors (Lipinski definition) is 5. The van der Waals surface area contributed by atoms with Crippen LogP contribution >= 0.6 is 11.3 Å². The molecule has 0 aliphatic carbocycles. The highest BCUT2D eigenvalue weighted by molar-refractivity contribution is 7.85. The number of benzene rings is 2. The van der Waals surface area contributed by atoms with Crippen LogP contribution in [0.15, 0.2) is 41.3 Å². The predicted molar refractivity (Wildman–Crippen MR) is 113 cm³/mol. The molecule has 6 nitrogen and oxygen atoms in total. The molecule has 1 heterocycles. The van der Waals surface area contributed by atoms with Crippen LogP contribution in [0.1, 0.15) is 23.6 Å². The van der Waals surface area contributed by atoms with Gasteiger partial charge in [0.25, 0.3) is 10.1 Å². The Kier molecular flexibility index (Phi) is 7.54. The van der Waals surface area contributed by atoms with Gasteiger partial charge in [0.2, 0.25) is 0 Å².